The van der Waals surface area contributed by atoms with E-state index in [1.807, 2.05) is 36.7 Å². The monoisotopic (exact) mass is 347 g/mol. The largest absolute Gasteiger partial charge is 0.481 e. The third-order valence-electron chi connectivity index (χ3n) is 4.78. The lowest BCUT2D eigenvalue weighted by Crippen LogP contribution is -2.25. The predicted octanol–water partition coefficient (Wildman–Crippen LogP) is 4.13. The number of nitrogens with one attached hydrogen (secondary N) is 2. The Balaban J connectivity index is 1.60. The summed E-state index contributed by atoms with van der Waals surface area (Å²) in [4.78, 5) is 19.9. The first kappa shape index (κ1) is 16.4. The molecular weight excluding hydrogens is 326 g/mol. The Labute approximate surface area is 151 Å². The summed E-state index contributed by atoms with van der Waals surface area (Å²) in [5.41, 5.74) is 4.58. The molecule has 2 heterocycles. The van der Waals surface area contributed by atoms with Gasteiger partial charge in [0.25, 0.3) is 0 Å². The van der Waals surface area contributed by atoms with Crippen LogP contribution >= 0.6 is 0 Å². The number of H-pyrrole nitrogens is 2. The summed E-state index contributed by atoms with van der Waals surface area (Å²) in [5, 5.41) is 11.5. The Morgan fingerprint density at radius 2 is 1.35 bits per heavy atom. The van der Waals surface area contributed by atoms with Crippen LogP contribution in [-0.4, -0.2) is 32.5 Å². The number of aliphatic carboxylic acids is 1. The predicted molar refractivity (Wildman–Crippen MR) is 103 cm³/mol. The summed E-state index contributed by atoms with van der Waals surface area (Å²) in [5.74, 6) is -0.771. The van der Waals surface area contributed by atoms with E-state index >= 15 is 0 Å². The second-order valence-corrected chi connectivity index (χ2v) is 6.57. The van der Waals surface area contributed by atoms with E-state index < -0.39 is 5.97 Å². The van der Waals surface area contributed by atoms with Crippen molar-refractivity contribution in [2.75, 3.05) is 6.54 Å². The van der Waals surface area contributed by atoms with Gasteiger partial charge in [0, 0.05) is 53.8 Å². The van der Waals surface area contributed by atoms with Crippen LogP contribution in [0.5, 0.6) is 0 Å². The van der Waals surface area contributed by atoms with E-state index in [0.29, 0.717) is 19.6 Å². The van der Waals surface area contributed by atoms with Gasteiger partial charge in [-0.1, -0.05) is 36.4 Å². The normalized spacial score (nSPS) is 11.6. The molecule has 0 spiro atoms. The van der Waals surface area contributed by atoms with Crippen molar-refractivity contribution in [1.82, 2.24) is 14.9 Å². The number of nitrogens with zero attached hydrogens (tertiary/aromatic N) is 1. The molecule has 3 N–H and O–H groups in total. The lowest BCUT2D eigenvalue weighted by Gasteiger charge is -2.21. The van der Waals surface area contributed by atoms with Crippen LogP contribution in [0.1, 0.15) is 17.5 Å². The van der Waals surface area contributed by atoms with Crippen LogP contribution in [-0.2, 0) is 17.9 Å². The van der Waals surface area contributed by atoms with Gasteiger partial charge in [-0.2, -0.15) is 0 Å². The molecule has 2 aromatic carbocycles. The minimum Gasteiger partial charge on any atom is -0.481 e. The van der Waals surface area contributed by atoms with Crippen molar-refractivity contribution in [3.05, 3.63) is 72.1 Å². The van der Waals surface area contributed by atoms with Gasteiger partial charge in [-0.25, -0.2) is 0 Å². The molecule has 0 radical (unpaired) electrons. The molecule has 4 aromatic rings. The Morgan fingerprint density at radius 3 is 1.85 bits per heavy atom. The zero-order valence-corrected chi connectivity index (χ0v) is 14.4. The van der Waals surface area contributed by atoms with E-state index in [9.17, 15) is 4.79 Å². The third-order valence-corrected chi connectivity index (χ3v) is 4.78. The molecule has 0 aliphatic carbocycles. The molecule has 26 heavy (non-hydrogen) atoms. The van der Waals surface area contributed by atoms with Gasteiger partial charge in [-0.3, -0.25) is 9.69 Å². The fourth-order valence-electron chi connectivity index (χ4n) is 3.47. The lowest BCUT2D eigenvalue weighted by molar-refractivity contribution is -0.137. The van der Waals surface area contributed by atoms with Gasteiger partial charge in [0.2, 0.25) is 0 Å². The van der Waals surface area contributed by atoms with E-state index in [4.69, 9.17) is 5.11 Å². The minimum absolute atomic E-state index is 0.130. The summed E-state index contributed by atoms with van der Waals surface area (Å²) < 4.78 is 0. The van der Waals surface area contributed by atoms with Gasteiger partial charge in [0.15, 0.2) is 0 Å². The molecule has 0 atom stereocenters. The molecule has 0 saturated carbocycles. The molecule has 0 saturated heterocycles. The fraction of sp³-hybridized carbons (Fsp3) is 0.190. The number of fused-ring (bicyclic) bond motifs is 2. The van der Waals surface area contributed by atoms with Crippen LogP contribution < -0.4 is 0 Å². The Morgan fingerprint density at radius 1 is 0.846 bits per heavy atom. The van der Waals surface area contributed by atoms with Crippen molar-refractivity contribution in [1.29, 1.82) is 0 Å². The molecular formula is C21H21N3O2. The van der Waals surface area contributed by atoms with Crippen molar-refractivity contribution >= 4 is 27.8 Å². The van der Waals surface area contributed by atoms with Gasteiger partial charge in [0.1, 0.15) is 0 Å². The van der Waals surface area contributed by atoms with Gasteiger partial charge in [0.05, 0.1) is 6.42 Å². The number of aromatic amines is 2. The summed E-state index contributed by atoms with van der Waals surface area (Å²) in [6.45, 7) is 1.92. The zero-order valence-electron chi connectivity index (χ0n) is 14.4. The van der Waals surface area contributed by atoms with Crippen molar-refractivity contribution in [2.24, 2.45) is 0 Å². The SMILES string of the molecule is O=C(O)CCN(Cc1c[nH]c2ccccc12)Cc1c[nH]c2ccccc12. The van der Waals surface area contributed by atoms with Crippen LogP contribution in [0.25, 0.3) is 21.8 Å². The molecule has 0 aliphatic rings. The first-order valence-corrected chi connectivity index (χ1v) is 8.75. The highest BCUT2D eigenvalue weighted by Gasteiger charge is 2.14. The number of carboxylic acids is 1. The molecule has 5 nitrogen and oxygen atoms in total. The van der Waals surface area contributed by atoms with Crippen LogP contribution in [0.3, 0.4) is 0 Å². The topological polar surface area (TPSA) is 72.1 Å². The third kappa shape index (κ3) is 3.34. The average molecular weight is 347 g/mol. The van der Waals surface area contributed by atoms with Crippen LogP contribution in [0.4, 0.5) is 0 Å². The molecule has 0 bridgehead atoms. The molecule has 132 valence electrons. The van der Waals surface area contributed by atoms with Crippen molar-refractivity contribution in [2.45, 2.75) is 19.5 Å². The molecule has 4 rings (SSSR count). The smallest absolute Gasteiger partial charge is 0.304 e. The molecule has 2 aromatic heterocycles. The van der Waals surface area contributed by atoms with Gasteiger partial charge >= 0.3 is 5.97 Å². The first-order valence-electron chi connectivity index (χ1n) is 8.75. The zero-order chi connectivity index (χ0) is 17.9. The van der Waals surface area contributed by atoms with E-state index in [1.165, 1.54) is 21.9 Å². The summed E-state index contributed by atoms with van der Waals surface area (Å²) in [6, 6.07) is 16.4. The van der Waals surface area contributed by atoms with Crippen LogP contribution in [0.2, 0.25) is 0 Å². The van der Waals surface area contributed by atoms with E-state index in [0.717, 1.165) is 11.0 Å². The quantitative estimate of drug-likeness (QED) is 0.471. The molecule has 0 amide bonds. The van der Waals surface area contributed by atoms with Crippen molar-refractivity contribution in [3.8, 4) is 0 Å². The summed E-state index contributed by atoms with van der Waals surface area (Å²) in [6.07, 6.45) is 4.17. The molecule has 0 aliphatic heterocycles. The van der Waals surface area contributed by atoms with Gasteiger partial charge < -0.3 is 15.1 Å². The Kier molecular flexibility index (Phi) is 4.46. The Bertz CT molecular complexity index is 971. The average Bonchev–Trinajstić information content (AvgIpc) is 3.24. The van der Waals surface area contributed by atoms with E-state index in [1.54, 1.807) is 0 Å². The standard InChI is InChI=1S/C21H21N3O2/c25-21(26)9-10-24(13-15-11-22-19-7-3-1-5-17(15)19)14-16-12-23-20-8-4-2-6-18(16)20/h1-8,11-12,22-23H,9-10,13-14H2,(H,25,26). The number of aromatic nitrogens is 2. The highest BCUT2D eigenvalue weighted by atomic mass is 16.4. The second kappa shape index (κ2) is 7.06. The van der Waals surface area contributed by atoms with Crippen LogP contribution in [0, 0.1) is 0 Å². The summed E-state index contributed by atoms with van der Waals surface area (Å²) >= 11 is 0. The number of benzene rings is 2. The second-order valence-electron chi connectivity index (χ2n) is 6.57. The van der Waals surface area contributed by atoms with E-state index in [2.05, 4.69) is 39.1 Å². The van der Waals surface area contributed by atoms with Crippen LogP contribution in [0.15, 0.2) is 60.9 Å². The van der Waals surface area contributed by atoms with Gasteiger partial charge in [-0.05, 0) is 23.3 Å². The van der Waals surface area contributed by atoms with Crippen molar-refractivity contribution in [3.63, 3.8) is 0 Å². The maximum atomic E-state index is 11.1. The fourth-order valence-corrected chi connectivity index (χ4v) is 3.47. The number of rotatable bonds is 7. The number of para-hydroxylation sites is 2. The highest BCUT2D eigenvalue weighted by molar-refractivity contribution is 5.84. The maximum Gasteiger partial charge on any atom is 0.304 e. The van der Waals surface area contributed by atoms with Gasteiger partial charge in [-0.15, -0.1) is 0 Å². The number of hydrogen-bond donors (Lipinski definition) is 3. The maximum absolute atomic E-state index is 11.1. The molecule has 0 fully saturated rings. The number of carbonyl (C=O) groups is 1. The molecule has 5 heteroatoms. The number of hydrogen-bond acceptors (Lipinski definition) is 2. The lowest BCUT2D eigenvalue weighted by atomic mass is 10.1. The Hall–Kier alpha value is -3.05. The molecule has 0 unspecified atom stereocenters. The van der Waals surface area contributed by atoms with E-state index in [-0.39, 0.29) is 6.42 Å². The van der Waals surface area contributed by atoms with Crippen molar-refractivity contribution < 1.29 is 9.90 Å². The number of carboxylic acid groups (broad SMARTS) is 1. The highest BCUT2D eigenvalue weighted by Crippen LogP contribution is 2.23. The summed E-state index contributed by atoms with van der Waals surface area (Å²) in [7, 11) is 0. The minimum atomic E-state index is -0.771. The first-order chi connectivity index (χ1) is 12.7.